The number of aromatic nitrogens is 2. The Bertz CT molecular complexity index is 829. The molecule has 0 aliphatic rings. The third kappa shape index (κ3) is 4.99. The molecule has 0 aliphatic heterocycles. The van der Waals surface area contributed by atoms with Gasteiger partial charge in [0.05, 0.1) is 12.8 Å². The molecule has 0 aliphatic carbocycles. The van der Waals surface area contributed by atoms with E-state index in [4.69, 9.17) is 4.74 Å². The highest BCUT2D eigenvalue weighted by Crippen LogP contribution is 2.22. The number of ether oxygens (including phenoxy) is 1. The summed E-state index contributed by atoms with van der Waals surface area (Å²) in [5.41, 5.74) is 2.40. The number of ketones is 1. The number of hydrogen-bond acceptors (Lipinski definition) is 5. The molecule has 1 aromatic carbocycles. The van der Waals surface area contributed by atoms with Crippen LogP contribution >= 0.6 is 0 Å². The average Bonchev–Trinajstić information content (AvgIpc) is 2.62. The van der Waals surface area contributed by atoms with Gasteiger partial charge in [-0.05, 0) is 30.5 Å². The number of Topliss-reactive ketones (excluding diaryl/α,β-unsaturated/α-hetero) is 1. The maximum atomic E-state index is 14.1. The van der Waals surface area contributed by atoms with Crippen LogP contribution in [0, 0.1) is 5.82 Å². The molecule has 0 fully saturated rings. The van der Waals surface area contributed by atoms with E-state index in [0.29, 0.717) is 34.1 Å². The molecule has 0 saturated carbocycles. The molecule has 6 heteroatoms. The second-order valence-electron chi connectivity index (χ2n) is 5.76. The van der Waals surface area contributed by atoms with Gasteiger partial charge in [-0.1, -0.05) is 31.7 Å². The van der Waals surface area contributed by atoms with Gasteiger partial charge in [-0.25, -0.2) is 14.4 Å². The summed E-state index contributed by atoms with van der Waals surface area (Å²) in [4.78, 5) is 19.7. The number of methoxy groups -OCH3 is 1. The van der Waals surface area contributed by atoms with E-state index in [-0.39, 0.29) is 12.2 Å². The van der Waals surface area contributed by atoms with E-state index in [0.717, 1.165) is 6.42 Å². The lowest BCUT2D eigenvalue weighted by Gasteiger charge is -2.11. The summed E-state index contributed by atoms with van der Waals surface area (Å²) in [6, 6.07) is 4.75. The molecular formula is C20H22FN3O2. The normalized spacial score (nSPS) is 11.2. The molecule has 26 heavy (non-hydrogen) atoms. The molecule has 1 N–H and O–H groups in total. The molecule has 2 rings (SSSR count). The van der Waals surface area contributed by atoms with Gasteiger partial charge in [0.15, 0.2) is 0 Å². The van der Waals surface area contributed by atoms with Crippen molar-refractivity contribution in [3.8, 4) is 11.1 Å². The highest BCUT2D eigenvalue weighted by Gasteiger charge is 2.09. The number of anilines is 1. The SMILES string of the molecule is C=C(OC)/C(=C\CC)Nc1ncc(-c2ccc(CC(C)=O)c(F)c2)cn1. The fourth-order valence-electron chi connectivity index (χ4n) is 2.35. The van der Waals surface area contributed by atoms with Crippen LogP contribution in [0.25, 0.3) is 11.1 Å². The van der Waals surface area contributed by atoms with Gasteiger partial charge in [-0.2, -0.15) is 0 Å². The number of rotatable bonds is 8. The van der Waals surface area contributed by atoms with Gasteiger partial charge >= 0.3 is 0 Å². The van der Waals surface area contributed by atoms with Gasteiger partial charge < -0.3 is 10.1 Å². The molecule has 0 radical (unpaired) electrons. The summed E-state index contributed by atoms with van der Waals surface area (Å²) in [6.45, 7) is 7.25. The Morgan fingerprint density at radius 1 is 1.31 bits per heavy atom. The molecule has 0 atom stereocenters. The number of allylic oxidation sites excluding steroid dienone is 1. The predicted molar refractivity (Wildman–Crippen MR) is 100.0 cm³/mol. The van der Waals surface area contributed by atoms with Gasteiger partial charge in [0.25, 0.3) is 0 Å². The summed E-state index contributed by atoms with van der Waals surface area (Å²) in [7, 11) is 1.54. The Balaban J connectivity index is 2.19. The summed E-state index contributed by atoms with van der Waals surface area (Å²) < 4.78 is 19.3. The van der Waals surface area contributed by atoms with Crippen molar-refractivity contribution >= 4 is 11.7 Å². The van der Waals surface area contributed by atoms with Gasteiger partial charge in [-0.3, -0.25) is 4.79 Å². The monoisotopic (exact) mass is 355 g/mol. The van der Waals surface area contributed by atoms with E-state index in [1.165, 1.54) is 13.0 Å². The van der Waals surface area contributed by atoms with Gasteiger partial charge in [-0.15, -0.1) is 0 Å². The minimum Gasteiger partial charge on any atom is -0.495 e. The molecule has 2 aromatic rings. The van der Waals surface area contributed by atoms with Crippen LogP contribution < -0.4 is 5.32 Å². The van der Waals surface area contributed by atoms with E-state index in [1.807, 2.05) is 13.0 Å². The lowest BCUT2D eigenvalue weighted by Crippen LogP contribution is -2.06. The molecule has 0 spiro atoms. The number of nitrogens with zero attached hydrogens (tertiary/aromatic N) is 2. The number of hydrogen-bond donors (Lipinski definition) is 1. The number of halogens is 1. The fourth-order valence-corrected chi connectivity index (χ4v) is 2.35. The maximum Gasteiger partial charge on any atom is 0.227 e. The summed E-state index contributed by atoms with van der Waals surface area (Å²) in [6.07, 6.45) is 6.02. The van der Waals surface area contributed by atoms with Crippen molar-refractivity contribution < 1.29 is 13.9 Å². The fraction of sp³-hybridized carbons (Fsp3) is 0.250. The standard InChI is InChI=1S/C20H22FN3O2/c1-5-6-19(14(3)26-4)24-20-22-11-17(12-23-20)15-7-8-16(9-13(2)25)18(21)10-15/h6-8,10-12H,3,5,9H2,1-2,4H3,(H,22,23,24)/b19-6+. The predicted octanol–water partition coefficient (Wildman–Crippen LogP) is 4.28. The summed E-state index contributed by atoms with van der Waals surface area (Å²) in [5, 5.41) is 3.05. The van der Waals surface area contributed by atoms with Crippen LogP contribution in [0.2, 0.25) is 0 Å². The van der Waals surface area contributed by atoms with Crippen molar-refractivity contribution in [1.29, 1.82) is 0 Å². The first-order valence-electron chi connectivity index (χ1n) is 8.25. The van der Waals surface area contributed by atoms with Gasteiger partial charge in [0, 0.05) is 24.4 Å². The Labute approximate surface area is 152 Å². The third-order valence-electron chi connectivity index (χ3n) is 3.68. The van der Waals surface area contributed by atoms with E-state index in [1.54, 1.807) is 31.6 Å². The number of carbonyl (C=O) groups is 1. The molecule has 0 bridgehead atoms. The van der Waals surface area contributed by atoms with Crippen LogP contribution in [0.1, 0.15) is 25.8 Å². The minimum atomic E-state index is -0.413. The largest absolute Gasteiger partial charge is 0.495 e. The maximum absolute atomic E-state index is 14.1. The molecule has 0 unspecified atom stereocenters. The van der Waals surface area contributed by atoms with E-state index in [9.17, 15) is 9.18 Å². The minimum absolute atomic E-state index is 0.0796. The Hall–Kier alpha value is -3.02. The molecule has 1 aromatic heterocycles. The molecule has 5 nitrogen and oxygen atoms in total. The van der Waals surface area contributed by atoms with Crippen molar-refractivity contribution in [3.05, 3.63) is 66.1 Å². The summed E-state index contributed by atoms with van der Waals surface area (Å²) >= 11 is 0. The van der Waals surface area contributed by atoms with Crippen LogP contribution in [0.15, 0.2) is 54.7 Å². The first kappa shape index (κ1) is 19.3. The number of carbonyl (C=O) groups excluding carboxylic acids is 1. The Morgan fingerprint density at radius 3 is 2.54 bits per heavy atom. The molecular weight excluding hydrogens is 333 g/mol. The van der Waals surface area contributed by atoms with E-state index in [2.05, 4.69) is 21.9 Å². The van der Waals surface area contributed by atoms with Crippen molar-refractivity contribution in [3.63, 3.8) is 0 Å². The average molecular weight is 355 g/mol. The number of nitrogens with one attached hydrogen (secondary N) is 1. The van der Waals surface area contributed by atoms with Crippen LogP contribution in [-0.4, -0.2) is 22.9 Å². The number of benzene rings is 1. The lowest BCUT2D eigenvalue weighted by molar-refractivity contribution is -0.116. The Kier molecular flexibility index (Phi) is 6.60. The summed E-state index contributed by atoms with van der Waals surface area (Å²) in [5.74, 6) is 0.386. The second-order valence-corrected chi connectivity index (χ2v) is 5.76. The van der Waals surface area contributed by atoms with Gasteiger partial charge in [0.2, 0.25) is 5.95 Å². The second kappa shape index (κ2) is 8.89. The van der Waals surface area contributed by atoms with Gasteiger partial charge in [0.1, 0.15) is 17.4 Å². The molecule has 0 saturated heterocycles. The van der Waals surface area contributed by atoms with Crippen molar-refractivity contribution in [2.75, 3.05) is 12.4 Å². The zero-order chi connectivity index (χ0) is 19.1. The van der Waals surface area contributed by atoms with Crippen LogP contribution in [0.3, 0.4) is 0 Å². The van der Waals surface area contributed by atoms with Crippen LogP contribution in [-0.2, 0) is 16.0 Å². The lowest BCUT2D eigenvalue weighted by atomic mass is 10.0. The van der Waals surface area contributed by atoms with Crippen LogP contribution in [0.5, 0.6) is 0 Å². The highest BCUT2D eigenvalue weighted by molar-refractivity contribution is 5.78. The zero-order valence-corrected chi connectivity index (χ0v) is 15.2. The van der Waals surface area contributed by atoms with Crippen molar-refractivity contribution in [1.82, 2.24) is 9.97 Å². The highest BCUT2D eigenvalue weighted by atomic mass is 19.1. The molecule has 1 heterocycles. The van der Waals surface area contributed by atoms with E-state index < -0.39 is 5.82 Å². The smallest absolute Gasteiger partial charge is 0.227 e. The first-order chi connectivity index (χ1) is 12.4. The van der Waals surface area contributed by atoms with Crippen LogP contribution in [0.4, 0.5) is 10.3 Å². The van der Waals surface area contributed by atoms with E-state index >= 15 is 0 Å². The van der Waals surface area contributed by atoms with Crippen molar-refractivity contribution in [2.45, 2.75) is 26.7 Å². The Morgan fingerprint density at radius 2 is 2.00 bits per heavy atom. The quantitative estimate of drug-likeness (QED) is 0.566. The topological polar surface area (TPSA) is 64.1 Å². The first-order valence-corrected chi connectivity index (χ1v) is 8.25. The third-order valence-corrected chi connectivity index (χ3v) is 3.68. The zero-order valence-electron chi connectivity index (χ0n) is 15.2. The van der Waals surface area contributed by atoms with Crippen molar-refractivity contribution in [2.24, 2.45) is 0 Å². The molecule has 0 amide bonds. The molecule has 136 valence electrons.